The molecule has 0 aliphatic heterocycles. The van der Waals surface area contributed by atoms with E-state index in [2.05, 4.69) is 11.9 Å². The summed E-state index contributed by atoms with van der Waals surface area (Å²) in [6.45, 7) is 2.05. The van der Waals surface area contributed by atoms with Crippen molar-refractivity contribution in [3.8, 4) is 0 Å². The fourth-order valence-electron chi connectivity index (χ4n) is 2.61. The Morgan fingerprint density at radius 3 is 2.56 bits per heavy atom. The molecule has 4 heteroatoms. The lowest BCUT2D eigenvalue weighted by molar-refractivity contribution is 0.355. The summed E-state index contributed by atoms with van der Waals surface area (Å²) in [7, 11) is 0. The average Bonchev–Trinajstić information content (AvgIpc) is 2.58. The standard InChI is InChI=1S/C12H22N4/c1-2-11-15-10(12(13)16(11)14)8-9-6-4-3-5-7-9/h9H,2-8,13-14H2,1H3. The van der Waals surface area contributed by atoms with Crippen molar-refractivity contribution in [2.75, 3.05) is 11.6 Å². The van der Waals surface area contributed by atoms with E-state index in [1.807, 2.05) is 0 Å². The number of nitrogens with zero attached hydrogens (tertiary/aromatic N) is 2. The van der Waals surface area contributed by atoms with Crippen molar-refractivity contribution < 1.29 is 0 Å². The van der Waals surface area contributed by atoms with Gasteiger partial charge in [-0.05, 0) is 12.3 Å². The van der Waals surface area contributed by atoms with Gasteiger partial charge in [0.15, 0.2) is 0 Å². The molecule has 0 saturated heterocycles. The van der Waals surface area contributed by atoms with Crippen LogP contribution in [0.4, 0.5) is 5.82 Å². The predicted octanol–water partition coefficient (Wildman–Crippen LogP) is 1.86. The molecule has 0 radical (unpaired) electrons. The minimum absolute atomic E-state index is 0.655. The molecule has 1 aliphatic carbocycles. The number of nitrogens with two attached hydrogens (primary N) is 2. The van der Waals surface area contributed by atoms with Gasteiger partial charge in [-0.2, -0.15) is 0 Å². The number of hydrogen-bond acceptors (Lipinski definition) is 3. The zero-order valence-corrected chi connectivity index (χ0v) is 10.1. The normalized spacial score (nSPS) is 17.8. The molecule has 0 bridgehead atoms. The highest BCUT2D eigenvalue weighted by Gasteiger charge is 2.18. The molecular weight excluding hydrogens is 200 g/mol. The molecule has 0 unspecified atom stereocenters. The first-order valence-corrected chi connectivity index (χ1v) is 6.33. The number of aryl methyl sites for hydroxylation is 1. The summed E-state index contributed by atoms with van der Waals surface area (Å²) in [6, 6.07) is 0. The van der Waals surface area contributed by atoms with E-state index >= 15 is 0 Å². The molecule has 1 aliphatic rings. The van der Waals surface area contributed by atoms with Crippen LogP contribution in [0.15, 0.2) is 0 Å². The molecule has 1 aromatic heterocycles. The van der Waals surface area contributed by atoms with E-state index in [1.165, 1.54) is 36.8 Å². The number of imidazole rings is 1. The second-order valence-corrected chi connectivity index (χ2v) is 4.79. The van der Waals surface area contributed by atoms with E-state index < -0.39 is 0 Å². The maximum atomic E-state index is 5.97. The summed E-state index contributed by atoms with van der Waals surface area (Å²) in [5.41, 5.74) is 6.98. The third-order valence-electron chi connectivity index (χ3n) is 3.62. The fraction of sp³-hybridized carbons (Fsp3) is 0.750. The molecule has 0 amide bonds. The van der Waals surface area contributed by atoms with Crippen molar-refractivity contribution in [3.63, 3.8) is 0 Å². The number of hydrogen-bond donors (Lipinski definition) is 2. The highest BCUT2D eigenvalue weighted by molar-refractivity contribution is 5.38. The molecule has 4 N–H and O–H groups in total. The van der Waals surface area contributed by atoms with Crippen LogP contribution in [-0.2, 0) is 12.8 Å². The molecule has 1 heterocycles. The van der Waals surface area contributed by atoms with Gasteiger partial charge in [-0.15, -0.1) is 0 Å². The van der Waals surface area contributed by atoms with Crippen molar-refractivity contribution >= 4 is 5.82 Å². The highest BCUT2D eigenvalue weighted by atomic mass is 15.4. The van der Waals surface area contributed by atoms with Gasteiger partial charge in [-0.3, -0.25) is 0 Å². The summed E-state index contributed by atoms with van der Waals surface area (Å²) in [5.74, 6) is 8.16. The van der Waals surface area contributed by atoms with Crippen LogP contribution in [-0.4, -0.2) is 9.66 Å². The van der Waals surface area contributed by atoms with E-state index in [-0.39, 0.29) is 0 Å². The largest absolute Gasteiger partial charge is 0.382 e. The Morgan fingerprint density at radius 1 is 1.31 bits per heavy atom. The number of nitrogen functional groups attached to an aromatic ring is 2. The van der Waals surface area contributed by atoms with Crippen LogP contribution in [0, 0.1) is 5.92 Å². The summed E-state index contributed by atoms with van der Waals surface area (Å²) >= 11 is 0. The molecule has 1 saturated carbocycles. The molecule has 2 rings (SSSR count). The third-order valence-corrected chi connectivity index (χ3v) is 3.62. The van der Waals surface area contributed by atoms with Gasteiger partial charge in [0.05, 0.1) is 5.69 Å². The van der Waals surface area contributed by atoms with Gasteiger partial charge in [0.2, 0.25) is 0 Å². The molecule has 16 heavy (non-hydrogen) atoms. The first kappa shape index (κ1) is 11.3. The van der Waals surface area contributed by atoms with Crippen LogP contribution >= 0.6 is 0 Å². The van der Waals surface area contributed by atoms with E-state index in [9.17, 15) is 0 Å². The summed E-state index contributed by atoms with van der Waals surface area (Å²) in [4.78, 5) is 4.53. The lowest BCUT2D eigenvalue weighted by atomic mass is 9.86. The Hall–Kier alpha value is -1.19. The Bertz CT molecular complexity index is 350. The molecule has 90 valence electrons. The summed E-state index contributed by atoms with van der Waals surface area (Å²) in [5, 5.41) is 0. The van der Waals surface area contributed by atoms with E-state index in [4.69, 9.17) is 11.6 Å². The Balaban J connectivity index is 2.08. The van der Waals surface area contributed by atoms with Crippen molar-refractivity contribution in [1.82, 2.24) is 9.66 Å². The van der Waals surface area contributed by atoms with Gasteiger partial charge < -0.3 is 11.6 Å². The smallest absolute Gasteiger partial charge is 0.145 e. The second kappa shape index (κ2) is 4.76. The van der Waals surface area contributed by atoms with Crippen LogP contribution in [0.1, 0.15) is 50.5 Å². The van der Waals surface area contributed by atoms with E-state index in [0.29, 0.717) is 5.82 Å². The summed E-state index contributed by atoms with van der Waals surface area (Å²) < 4.78 is 1.54. The quantitative estimate of drug-likeness (QED) is 0.767. The molecular formula is C12H22N4. The molecule has 0 spiro atoms. The molecule has 4 nitrogen and oxygen atoms in total. The molecule has 1 aromatic rings. The van der Waals surface area contributed by atoms with E-state index in [0.717, 1.165) is 30.3 Å². The molecule has 1 fully saturated rings. The highest BCUT2D eigenvalue weighted by Crippen LogP contribution is 2.28. The molecule has 0 atom stereocenters. The summed E-state index contributed by atoms with van der Waals surface area (Å²) in [6.07, 6.45) is 8.58. The van der Waals surface area contributed by atoms with Crippen molar-refractivity contribution in [1.29, 1.82) is 0 Å². The molecule has 0 aromatic carbocycles. The Kier molecular flexibility index (Phi) is 3.36. The van der Waals surface area contributed by atoms with Gasteiger partial charge in [0, 0.05) is 6.42 Å². The monoisotopic (exact) mass is 222 g/mol. The van der Waals surface area contributed by atoms with Crippen molar-refractivity contribution in [3.05, 3.63) is 11.5 Å². The lowest BCUT2D eigenvalue weighted by Gasteiger charge is -2.20. The topological polar surface area (TPSA) is 69.9 Å². The average molecular weight is 222 g/mol. The Labute approximate surface area is 97.0 Å². The van der Waals surface area contributed by atoms with E-state index in [1.54, 1.807) is 0 Å². The van der Waals surface area contributed by atoms with Crippen LogP contribution in [0.2, 0.25) is 0 Å². The van der Waals surface area contributed by atoms with Crippen molar-refractivity contribution in [2.24, 2.45) is 5.92 Å². The third kappa shape index (κ3) is 2.15. The van der Waals surface area contributed by atoms with Gasteiger partial charge in [0.25, 0.3) is 0 Å². The predicted molar refractivity (Wildman–Crippen MR) is 66.4 cm³/mol. The van der Waals surface area contributed by atoms with Crippen LogP contribution in [0.25, 0.3) is 0 Å². The maximum Gasteiger partial charge on any atom is 0.145 e. The minimum Gasteiger partial charge on any atom is -0.382 e. The van der Waals surface area contributed by atoms with Crippen LogP contribution in [0.5, 0.6) is 0 Å². The van der Waals surface area contributed by atoms with Gasteiger partial charge in [-0.1, -0.05) is 39.0 Å². The van der Waals surface area contributed by atoms with Crippen LogP contribution in [0.3, 0.4) is 0 Å². The second-order valence-electron chi connectivity index (χ2n) is 4.79. The number of aromatic nitrogens is 2. The lowest BCUT2D eigenvalue weighted by Crippen LogP contribution is -2.15. The minimum atomic E-state index is 0.655. The van der Waals surface area contributed by atoms with Gasteiger partial charge >= 0.3 is 0 Å². The number of rotatable bonds is 3. The zero-order valence-electron chi connectivity index (χ0n) is 10.1. The maximum absolute atomic E-state index is 5.97. The van der Waals surface area contributed by atoms with Gasteiger partial charge in [0.1, 0.15) is 11.6 Å². The Morgan fingerprint density at radius 2 is 2.00 bits per heavy atom. The first-order valence-electron chi connectivity index (χ1n) is 6.33. The van der Waals surface area contributed by atoms with Gasteiger partial charge in [-0.25, -0.2) is 9.66 Å². The fourth-order valence-corrected chi connectivity index (χ4v) is 2.61. The van der Waals surface area contributed by atoms with Crippen molar-refractivity contribution in [2.45, 2.75) is 51.9 Å². The van der Waals surface area contributed by atoms with Crippen LogP contribution < -0.4 is 11.6 Å². The zero-order chi connectivity index (χ0) is 11.5. The SMILES string of the molecule is CCc1nc(CC2CCCCC2)c(N)n1N. The first-order chi connectivity index (χ1) is 7.72. The number of anilines is 1.